The first-order chi connectivity index (χ1) is 24.3. The van der Waals surface area contributed by atoms with E-state index >= 15 is 0 Å². The highest BCUT2D eigenvalue weighted by Crippen LogP contribution is 2.27. The molecule has 0 saturated heterocycles. The SMILES string of the molecule is COc1ccccc1OCC(O)CCl.COc1ccccc1OCC(O)CO.COc1ccccc1OCC(O)COc1ccccc1CO. The van der Waals surface area contributed by atoms with Gasteiger partial charge in [0.1, 0.15) is 50.5 Å². The minimum absolute atomic E-state index is 0.0525. The van der Waals surface area contributed by atoms with Crippen LogP contribution >= 0.6 is 11.6 Å². The molecule has 0 spiro atoms. The summed E-state index contributed by atoms with van der Waals surface area (Å²) < 4.78 is 36.9. The molecule has 4 rings (SSSR count). The topological polar surface area (TPSA) is 166 Å². The van der Waals surface area contributed by atoms with Crippen molar-refractivity contribution in [2.24, 2.45) is 0 Å². The van der Waals surface area contributed by atoms with Crippen molar-refractivity contribution in [3.63, 3.8) is 0 Å². The molecule has 0 radical (unpaired) electrons. The lowest BCUT2D eigenvalue weighted by Crippen LogP contribution is -2.25. The van der Waals surface area contributed by atoms with Gasteiger partial charge in [-0.2, -0.15) is 0 Å². The molecule has 0 amide bonds. The number of aliphatic hydroxyl groups is 5. The maximum absolute atomic E-state index is 9.95. The van der Waals surface area contributed by atoms with E-state index in [2.05, 4.69) is 0 Å². The maximum Gasteiger partial charge on any atom is 0.161 e. The number of hydrogen-bond donors (Lipinski definition) is 5. The van der Waals surface area contributed by atoms with Crippen molar-refractivity contribution >= 4 is 11.6 Å². The molecular formula is C37H47ClO12. The summed E-state index contributed by atoms with van der Waals surface area (Å²) in [6, 6.07) is 28.8. The number of methoxy groups -OCH3 is 3. The Morgan fingerprint density at radius 1 is 0.460 bits per heavy atom. The van der Waals surface area contributed by atoms with Gasteiger partial charge in [0.25, 0.3) is 0 Å². The first-order valence-corrected chi connectivity index (χ1v) is 16.1. The zero-order chi connectivity index (χ0) is 36.6. The number of ether oxygens (including phenoxy) is 7. The van der Waals surface area contributed by atoms with Gasteiger partial charge in [-0.1, -0.05) is 54.6 Å². The van der Waals surface area contributed by atoms with E-state index in [4.69, 9.17) is 55.0 Å². The summed E-state index contributed by atoms with van der Waals surface area (Å²) in [4.78, 5) is 0. The van der Waals surface area contributed by atoms with Crippen LogP contribution in [0.1, 0.15) is 5.56 Å². The van der Waals surface area contributed by atoms with E-state index < -0.39 is 18.3 Å². The van der Waals surface area contributed by atoms with E-state index in [1.807, 2.05) is 48.5 Å². The van der Waals surface area contributed by atoms with Gasteiger partial charge < -0.3 is 58.7 Å². The summed E-state index contributed by atoms with van der Waals surface area (Å²) in [5.74, 6) is 4.32. The van der Waals surface area contributed by atoms with Gasteiger partial charge in [-0.25, -0.2) is 0 Å². The maximum atomic E-state index is 9.95. The average molecular weight is 719 g/mol. The van der Waals surface area contributed by atoms with E-state index in [0.717, 1.165) is 0 Å². The van der Waals surface area contributed by atoms with Crippen molar-refractivity contribution in [2.45, 2.75) is 24.9 Å². The molecule has 5 N–H and O–H groups in total. The second kappa shape index (κ2) is 24.7. The van der Waals surface area contributed by atoms with Crippen molar-refractivity contribution in [2.75, 3.05) is 60.2 Å². The standard InChI is InChI=1S/C17H20O5.C10H13ClO3.C10H14O4/c1-20-16-8-4-5-9-17(16)22-12-14(19)11-21-15-7-3-2-6-13(15)10-18;2*1-13-9-4-2-3-5-10(9)14-7-8(12)6-11/h2-9,14,18-19H,10-12H2,1H3;2-5,8,12H,6-7H2,1H3;2-5,8,11-12H,6-7H2,1H3. The van der Waals surface area contributed by atoms with Crippen molar-refractivity contribution in [3.05, 3.63) is 103 Å². The lowest BCUT2D eigenvalue weighted by molar-refractivity contribution is 0.0527. The second-order valence-electron chi connectivity index (χ2n) is 10.3. The van der Waals surface area contributed by atoms with Crippen LogP contribution < -0.4 is 33.2 Å². The average Bonchev–Trinajstić information content (AvgIpc) is 3.18. The molecule has 0 aliphatic rings. The number of para-hydroxylation sites is 7. The van der Waals surface area contributed by atoms with E-state index in [0.29, 0.717) is 45.8 Å². The van der Waals surface area contributed by atoms with Gasteiger partial charge in [-0.05, 0) is 42.5 Å². The monoisotopic (exact) mass is 718 g/mol. The molecule has 0 saturated carbocycles. The number of aliphatic hydroxyl groups excluding tert-OH is 5. The number of halogens is 1. The van der Waals surface area contributed by atoms with Crippen molar-refractivity contribution < 1.29 is 58.7 Å². The highest BCUT2D eigenvalue weighted by Gasteiger charge is 2.11. The molecule has 0 aliphatic carbocycles. The normalized spacial score (nSPS) is 12.0. The van der Waals surface area contributed by atoms with Gasteiger partial charge in [-0.15, -0.1) is 11.6 Å². The van der Waals surface area contributed by atoms with Gasteiger partial charge in [-0.3, -0.25) is 0 Å². The molecule has 12 nitrogen and oxygen atoms in total. The lowest BCUT2D eigenvalue weighted by atomic mass is 10.2. The minimum atomic E-state index is -0.861. The highest BCUT2D eigenvalue weighted by molar-refractivity contribution is 6.18. The zero-order valence-corrected chi connectivity index (χ0v) is 29.1. The predicted octanol–water partition coefficient (Wildman–Crippen LogP) is 4.11. The van der Waals surface area contributed by atoms with Crippen LogP contribution in [0.5, 0.6) is 40.2 Å². The fourth-order valence-corrected chi connectivity index (χ4v) is 3.97. The van der Waals surface area contributed by atoms with Crippen LogP contribution in [0.4, 0.5) is 0 Å². The molecule has 50 heavy (non-hydrogen) atoms. The molecule has 0 heterocycles. The molecule has 0 fully saturated rings. The molecule has 3 unspecified atom stereocenters. The van der Waals surface area contributed by atoms with Gasteiger partial charge in [0.05, 0.1) is 40.4 Å². The zero-order valence-electron chi connectivity index (χ0n) is 28.4. The number of alkyl halides is 1. The quantitative estimate of drug-likeness (QED) is 0.0937. The van der Waals surface area contributed by atoms with Crippen LogP contribution in [-0.2, 0) is 6.61 Å². The van der Waals surface area contributed by atoms with Crippen molar-refractivity contribution in [1.29, 1.82) is 0 Å². The molecule has 0 bridgehead atoms. The molecule has 3 atom stereocenters. The Morgan fingerprint density at radius 2 is 0.780 bits per heavy atom. The predicted molar refractivity (Wildman–Crippen MR) is 189 cm³/mol. The second-order valence-corrected chi connectivity index (χ2v) is 10.6. The van der Waals surface area contributed by atoms with Crippen LogP contribution in [0.2, 0.25) is 0 Å². The molecule has 0 aliphatic heterocycles. The van der Waals surface area contributed by atoms with Gasteiger partial charge >= 0.3 is 0 Å². The third-order valence-electron chi connectivity index (χ3n) is 6.46. The third kappa shape index (κ3) is 15.4. The molecule has 274 valence electrons. The molecular weight excluding hydrogens is 672 g/mol. The third-order valence-corrected chi connectivity index (χ3v) is 6.82. The summed E-state index contributed by atoms with van der Waals surface area (Å²) in [7, 11) is 4.68. The summed E-state index contributed by atoms with van der Waals surface area (Å²) in [6.45, 7) is -0.0340. The Bertz CT molecular complexity index is 1360. The Kier molecular flexibility index (Phi) is 20.6. The lowest BCUT2D eigenvalue weighted by Gasteiger charge is -2.16. The molecule has 0 aromatic heterocycles. The Labute approximate surface area is 297 Å². The summed E-state index contributed by atoms with van der Waals surface area (Å²) in [5.41, 5.74) is 0.681. The molecule has 4 aromatic carbocycles. The smallest absolute Gasteiger partial charge is 0.161 e. The van der Waals surface area contributed by atoms with Crippen LogP contribution in [0.25, 0.3) is 0 Å². The Balaban J connectivity index is 0.000000272. The van der Waals surface area contributed by atoms with Crippen LogP contribution in [0.15, 0.2) is 97.1 Å². The number of hydrogen-bond acceptors (Lipinski definition) is 12. The van der Waals surface area contributed by atoms with Crippen molar-refractivity contribution in [1.82, 2.24) is 0 Å². The van der Waals surface area contributed by atoms with Crippen LogP contribution in [-0.4, -0.2) is 104 Å². The fraction of sp³-hybridized carbons (Fsp3) is 0.351. The van der Waals surface area contributed by atoms with Crippen LogP contribution in [0, 0.1) is 0 Å². The van der Waals surface area contributed by atoms with Gasteiger partial charge in [0, 0.05) is 5.56 Å². The first-order valence-electron chi connectivity index (χ1n) is 15.6. The van der Waals surface area contributed by atoms with Crippen LogP contribution in [0.3, 0.4) is 0 Å². The Hall–Kier alpha value is -4.43. The van der Waals surface area contributed by atoms with E-state index in [1.54, 1.807) is 69.9 Å². The van der Waals surface area contributed by atoms with E-state index in [1.165, 1.54) is 0 Å². The molecule has 4 aromatic rings. The minimum Gasteiger partial charge on any atom is -0.493 e. The fourth-order valence-electron chi connectivity index (χ4n) is 3.88. The number of benzene rings is 4. The van der Waals surface area contributed by atoms with E-state index in [9.17, 15) is 15.3 Å². The Morgan fingerprint density at radius 3 is 1.14 bits per heavy atom. The van der Waals surface area contributed by atoms with E-state index in [-0.39, 0.29) is 45.5 Å². The first kappa shape index (κ1) is 41.7. The number of rotatable bonds is 18. The van der Waals surface area contributed by atoms with Gasteiger partial charge in [0.2, 0.25) is 0 Å². The van der Waals surface area contributed by atoms with Crippen molar-refractivity contribution in [3.8, 4) is 40.2 Å². The largest absolute Gasteiger partial charge is 0.493 e. The van der Waals surface area contributed by atoms with Gasteiger partial charge in [0.15, 0.2) is 34.5 Å². The highest BCUT2D eigenvalue weighted by atomic mass is 35.5. The summed E-state index contributed by atoms with van der Waals surface area (Å²) in [5, 5.41) is 46.0. The summed E-state index contributed by atoms with van der Waals surface area (Å²) >= 11 is 5.43. The summed E-state index contributed by atoms with van der Waals surface area (Å²) in [6.07, 6.45) is -2.31. The molecule has 13 heteroatoms.